The molecule has 3 amide bonds. The first-order chi connectivity index (χ1) is 18.5. The summed E-state index contributed by atoms with van der Waals surface area (Å²) in [5.41, 5.74) is 8.99. The number of benzene rings is 2. The van der Waals surface area contributed by atoms with Crippen LogP contribution in [-0.4, -0.2) is 60.9 Å². The molecule has 2 aromatic carbocycles. The maximum atomic E-state index is 13.1. The predicted molar refractivity (Wildman–Crippen MR) is 149 cm³/mol. The number of amides is 3. The summed E-state index contributed by atoms with van der Waals surface area (Å²) in [6.07, 6.45) is 6.73. The molecule has 2 aromatic rings. The third-order valence-electron chi connectivity index (χ3n) is 7.92. The fraction of sp³-hybridized carbons (Fsp3) is 0.500. The summed E-state index contributed by atoms with van der Waals surface area (Å²) in [5, 5.41) is 6.24. The van der Waals surface area contributed by atoms with Crippen LogP contribution in [-0.2, 0) is 16.0 Å². The maximum Gasteiger partial charge on any atom is 0.251 e. The molecule has 0 atom stereocenters. The Morgan fingerprint density at radius 2 is 1.63 bits per heavy atom. The Morgan fingerprint density at radius 3 is 2.37 bits per heavy atom. The van der Waals surface area contributed by atoms with Crippen LogP contribution in [0.4, 0.5) is 11.4 Å². The molecule has 4 N–H and O–H groups in total. The van der Waals surface area contributed by atoms with Crippen LogP contribution in [0, 0.1) is 5.92 Å². The van der Waals surface area contributed by atoms with E-state index in [1.807, 2.05) is 47.4 Å². The highest BCUT2D eigenvalue weighted by Crippen LogP contribution is 2.33. The molecule has 0 aromatic heterocycles. The fourth-order valence-electron chi connectivity index (χ4n) is 5.53. The Hall–Kier alpha value is -3.39. The van der Waals surface area contributed by atoms with E-state index in [0.717, 1.165) is 69.3 Å². The third-order valence-corrected chi connectivity index (χ3v) is 7.92. The van der Waals surface area contributed by atoms with Crippen molar-refractivity contribution < 1.29 is 14.4 Å². The Kier molecular flexibility index (Phi) is 8.27. The van der Waals surface area contributed by atoms with Crippen molar-refractivity contribution in [3.05, 3.63) is 59.7 Å². The van der Waals surface area contributed by atoms with Gasteiger partial charge in [0.25, 0.3) is 5.91 Å². The monoisotopic (exact) mass is 517 g/mol. The molecular formula is C30H39N5O3. The van der Waals surface area contributed by atoms with Gasteiger partial charge in [0.2, 0.25) is 11.8 Å². The van der Waals surface area contributed by atoms with Gasteiger partial charge < -0.3 is 26.2 Å². The van der Waals surface area contributed by atoms with E-state index in [1.54, 1.807) is 6.07 Å². The summed E-state index contributed by atoms with van der Waals surface area (Å²) >= 11 is 0. The van der Waals surface area contributed by atoms with Crippen molar-refractivity contribution in [3.8, 4) is 0 Å². The van der Waals surface area contributed by atoms with Gasteiger partial charge >= 0.3 is 0 Å². The Balaban J connectivity index is 1.33. The highest BCUT2D eigenvalue weighted by Gasteiger charge is 2.34. The van der Waals surface area contributed by atoms with Crippen LogP contribution in [0.25, 0.3) is 0 Å². The van der Waals surface area contributed by atoms with E-state index in [-0.39, 0.29) is 42.1 Å². The lowest BCUT2D eigenvalue weighted by Crippen LogP contribution is -2.40. The number of nitrogens with two attached hydrogens (primary N) is 1. The molecule has 2 aliphatic carbocycles. The molecule has 3 aliphatic rings. The van der Waals surface area contributed by atoms with Gasteiger partial charge in [-0.25, -0.2) is 0 Å². The van der Waals surface area contributed by atoms with Crippen molar-refractivity contribution in [2.24, 2.45) is 11.7 Å². The van der Waals surface area contributed by atoms with Gasteiger partial charge in [-0.1, -0.05) is 30.3 Å². The summed E-state index contributed by atoms with van der Waals surface area (Å²) in [6.45, 7) is 2.89. The van der Waals surface area contributed by atoms with Crippen LogP contribution in [0.2, 0.25) is 0 Å². The maximum absolute atomic E-state index is 13.1. The number of rotatable bonds is 7. The summed E-state index contributed by atoms with van der Waals surface area (Å²) in [4.78, 5) is 43.0. The van der Waals surface area contributed by atoms with Crippen LogP contribution in [0.15, 0.2) is 48.5 Å². The Labute approximate surface area is 224 Å². The second-order valence-corrected chi connectivity index (χ2v) is 11.0. The number of carbonyl (C=O) groups is 3. The van der Waals surface area contributed by atoms with Crippen LogP contribution >= 0.6 is 0 Å². The van der Waals surface area contributed by atoms with E-state index >= 15 is 0 Å². The summed E-state index contributed by atoms with van der Waals surface area (Å²) in [5.74, 6) is 0.232. The molecule has 5 rings (SSSR count). The lowest BCUT2D eigenvalue weighted by molar-refractivity contribution is -0.132. The highest BCUT2D eigenvalue weighted by atomic mass is 16.2. The van der Waals surface area contributed by atoms with Crippen molar-refractivity contribution in [2.45, 2.75) is 63.5 Å². The van der Waals surface area contributed by atoms with E-state index in [0.29, 0.717) is 24.3 Å². The first kappa shape index (κ1) is 26.2. The zero-order valence-electron chi connectivity index (χ0n) is 22.0. The van der Waals surface area contributed by atoms with E-state index in [4.69, 9.17) is 5.73 Å². The van der Waals surface area contributed by atoms with Gasteiger partial charge in [-0.05, 0) is 68.7 Å². The molecular weight excluding hydrogens is 478 g/mol. The highest BCUT2D eigenvalue weighted by molar-refractivity contribution is 6.00. The number of nitrogens with zero attached hydrogens (tertiary/aromatic N) is 2. The summed E-state index contributed by atoms with van der Waals surface area (Å²) in [6, 6.07) is 15.5. The van der Waals surface area contributed by atoms with Crippen LogP contribution in [0.5, 0.6) is 0 Å². The summed E-state index contributed by atoms with van der Waals surface area (Å²) in [7, 11) is 0. The molecule has 3 fully saturated rings. The van der Waals surface area contributed by atoms with Crippen LogP contribution < -0.4 is 21.3 Å². The zero-order valence-corrected chi connectivity index (χ0v) is 22.0. The SMILES string of the molecule is NC1CCC(NC(=O)c2ccc(N3CCCN(C(=O)C4CC4)CC3)c(NC(=O)Cc3ccccc3)c2)CC1. The van der Waals surface area contributed by atoms with Gasteiger partial charge in [-0.2, -0.15) is 0 Å². The predicted octanol–water partition coefficient (Wildman–Crippen LogP) is 3.32. The second kappa shape index (κ2) is 12.0. The van der Waals surface area contributed by atoms with Crippen LogP contribution in [0.3, 0.4) is 0 Å². The first-order valence-corrected chi connectivity index (χ1v) is 14.0. The zero-order chi connectivity index (χ0) is 26.5. The van der Waals surface area contributed by atoms with Gasteiger partial charge in [0, 0.05) is 49.7 Å². The van der Waals surface area contributed by atoms with E-state index in [2.05, 4.69) is 15.5 Å². The molecule has 0 bridgehead atoms. The largest absolute Gasteiger partial charge is 0.368 e. The van der Waals surface area contributed by atoms with Crippen molar-refractivity contribution >= 4 is 29.1 Å². The molecule has 0 unspecified atom stereocenters. The average Bonchev–Trinajstić information content (AvgIpc) is 3.78. The van der Waals surface area contributed by atoms with E-state index in [1.165, 1.54) is 0 Å². The number of hydrogen-bond donors (Lipinski definition) is 3. The quantitative estimate of drug-likeness (QED) is 0.522. The smallest absolute Gasteiger partial charge is 0.251 e. The minimum absolute atomic E-state index is 0.124. The van der Waals surface area contributed by atoms with E-state index in [9.17, 15) is 14.4 Å². The van der Waals surface area contributed by atoms with Gasteiger partial charge in [-0.15, -0.1) is 0 Å². The first-order valence-electron chi connectivity index (χ1n) is 14.0. The number of carbonyl (C=O) groups excluding carboxylic acids is 3. The van der Waals surface area contributed by atoms with Crippen molar-refractivity contribution in [3.63, 3.8) is 0 Å². The minimum Gasteiger partial charge on any atom is -0.368 e. The second-order valence-electron chi connectivity index (χ2n) is 11.0. The van der Waals surface area contributed by atoms with Crippen molar-refractivity contribution in [1.82, 2.24) is 10.2 Å². The minimum atomic E-state index is -0.132. The fourth-order valence-corrected chi connectivity index (χ4v) is 5.53. The van der Waals surface area contributed by atoms with E-state index < -0.39 is 0 Å². The third kappa shape index (κ3) is 6.72. The lowest BCUT2D eigenvalue weighted by atomic mass is 9.91. The van der Waals surface area contributed by atoms with Gasteiger partial charge in [0.05, 0.1) is 17.8 Å². The molecule has 2 saturated carbocycles. The molecule has 0 spiro atoms. The number of hydrogen-bond acceptors (Lipinski definition) is 5. The number of anilines is 2. The normalized spacial score (nSPS) is 21.9. The molecule has 1 saturated heterocycles. The molecule has 8 nitrogen and oxygen atoms in total. The molecule has 38 heavy (non-hydrogen) atoms. The Bertz CT molecular complexity index is 1140. The standard InChI is InChI=1S/C30H39N5O3/c31-24-10-12-25(13-11-24)32-29(37)23-9-14-27(26(20-23)33-28(36)19-21-5-2-1-3-6-21)34-15-4-16-35(18-17-34)30(38)22-7-8-22/h1-3,5-6,9,14,20,22,24-25H,4,7-8,10-13,15-19,31H2,(H,32,37)(H,33,36). The average molecular weight is 518 g/mol. The molecule has 8 heteroatoms. The van der Waals surface area contributed by atoms with Gasteiger partial charge in [0.15, 0.2) is 0 Å². The van der Waals surface area contributed by atoms with Gasteiger partial charge in [0.1, 0.15) is 0 Å². The van der Waals surface area contributed by atoms with Crippen molar-refractivity contribution in [2.75, 3.05) is 36.4 Å². The molecule has 202 valence electrons. The summed E-state index contributed by atoms with van der Waals surface area (Å²) < 4.78 is 0. The van der Waals surface area contributed by atoms with Crippen molar-refractivity contribution in [1.29, 1.82) is 0 Å². The number of nitrogens with one attached hydrogen (secondary N) is 2. The molecule has 1 heterocycles. The topological polar surface area (TPSA) is 108 Å². The van der Waals surface area contributed by atoms with Gasteiger partial charge in [-0.3, -0.25) is 14.4 Å². The molecule has 1 aliphatic heterocycles. The lowest BCUT2D eigenvalue weighted by Gasteiger charge is -2.28. The Morgan fingerprint density at radius 1 is 0.868 bits per heavy atom. The van der Waals surface area contributed by atoms with Crippen LogP contribution in [0.1, 0.15) is 60.9 Å². The molecule has 0 radical (unpaired) electrons.